The Morgan fingerprint density at radius 2 is 1.97 bits per heavy atom. The fourth-order valence-electron chi connectivity index (χ4n) is 3.21. The van der Waals surface area contributed by atoms with Gasteiger partial charge in [0, 0.05) is 29.8 Å². The molecule has 0 radical (unpaired) electrons. The van der Waals surface area contributed by atoms with Crippen LogP contribution in [0.4, 0.5) is 5.82 Å². The van der Waals surface area contributed by atoms with E-state index in [-0.39, 0.29) is 16.7 Å². The zero-order valence-corrected chi connectivity index (χ0v) is 17.1. The monoisotopic (exact) mass is 428 g/mol. The molecule has 2 N–H and O–H groups in total. The van der Waals surface area contributed by atoms with E-state index >= 15 is 0 Å². The fraction of sp³-hybridized carbons (Fsp3) is 0.0833. The van der Waals surface area contributed by atoms with Gasteiger partial charge in [-0.15, -0.1) is 0 Å². The highest BCUT2D eigenvalue weighted by atomic mass is 35.5. The number of hydrogen-bond acceptors (Lipinski definition) is 6. The topological polar surface area (TPSA) is 102 Å². The third kappa shape index (κ3) is 4.47. The molecular weight excluding hydrogens is 412 g/mol. The molecule has 0 spiro atoms. The molecule has 0 saturated heterocycles. The van der Waals surface area contributed by atoms with E-state index < -0.39 is 0 Å². The maximum Gasteiger partial charge on any atom is 0.238 e. The van der Waals surface area contributed by atoms with Gasteiger partial charge < -0.3 is 10.5 Å². The van der Waals surface area contributed by atoms with E-state index in [1.54, 1.807) is 30.5 Å². The predicted molar refractivity (Wildman–Crippen MR) is 119 cm³/mol. The summed E-state index contributed by atoms with van der Waals surface area (Å²) >= 11 is 6.28. The van der Waals surface area contributed by atoms with E-state index in [9.17, 15) is 10.1 Å². The van der Waals surface area contributed by atoms with Crippen LogP contribution in [0, 0.1) is 11.3 Å². The number of carbonyl (C=O) groups excluding carboxylic acids is 1. The fourth-order valence-corrected chi connectivity index (χ4v) is 3.42. The van der Waals surface area contributed by atoms with Crippen LogP contribution in [0.5, 0.6) is 11.6 Å². The standard InChI is InChI=1S/C24H17ClN4O2/c25-20-12-18(14-29-24(20)31-22-4-2-1-3-17(22)13-26)21(30)8-6-15-5-7-19-16(11-15)9-10-28-23(19)27/h1-5,7,9-12,14H,6,8H2,(H2,27,28). The number of halogens is 1. The highest BCUT2D eigenvalue weighted by molar-refractivity contribution is 6.32. The quantitative estimate of drug-likeness (QED) is 0.415. The Labute approximate surface area is 183 Å². The maximum absolute atomic E-state index is 12.6. The molecule has 152 valence electrons. The number of anilines is 1. The Kier molecular flexibility index (Phi) is 5.78. The van der Waals surface area contributed by atoms with Crippen LogP contribution in [0.1, 0.15) is 27.9 Å². The normalized spacial score (nSPS) is 10.6. The Morgan fingerprint density at radius 3 is 2.77 bits per heavy atom. The lowest BCUT2D eigenvalue weighted by molar-refractivity contribution is 0.0982. The number of rotatable bonds is 6. The average molecular weight is 429 g/mol. The second-order valence-electron chi connectivity index (χ2n) is 6.90. The van der Waals surface area contributed by atoms with Gasteiger partial charge in [0.1, 0.15) is 22.7 Å². The molecule has 6 nitrogen and oxygen atoms in total. The van der Waals surface area contributed by atoms with Gasteiger partial charge in [-0.2, -0.15) is 5.26 Å². The van der Waals surface area contributed by atoms with Crippen molar-refractivity contribution in [2.75, 3.05) is 5.73 Å². The van der Waals surface area contributed by atoms with Gasteiger partial charge in [-0.1, -0.05) is 41.9 Å². The molecule has 0 aliphatic heterocycles. The van der Waals surface area contributed by atoms with Crippen LogP contribution in [0.2, 0.25) is 5.02 Å². The minimum absolute atomic E-state index is 0.0762. The second kappa shape index (κ2) is 8.82. The molecule has 0 atom stereocenters. The maximum atomic E-state index is 12.6. The number of nitrogens with zero attached hydrogens (tertiary/aromatic N) is 3. The summed E-state index contributed by atoms with van der Waals surface area (Å²) in [6.07, 6.45) is 3.98. The zero-order chi connectivity index (χ0) is 21.8. The lowest BCUT2D eigenvalue weighted by atomic mass is 10.0. The number of ether oxygens (including phenoxy) is 1. The number of benzene rings is 2. The summed E-state index contributed by atoms with van der Waals surface area (Å²) in [4.78, 5) is 20.9. The van der Waals surface area contributed by atoms with Crippen LogP contribution in [0.15, 0.2) is 67.0 Å². The number of pyridine rings is 2. The van der Waals surface area contributed by atoms with E-state index in [2.05, 4.69) is 16.0 Å². The Morgan fingerprint density at radius 1 is 1.13 bits per heavy atom. The first kappa shape index (κ1) is 20.3. The van der Waals surface area contributed by atoms with Crippen LogP contribution in [-0.2, 0) is 6.42 Å². The van der Waals surface area contributed by atoms with E-state index in [1.807, 2.05) is 24.3 Å². The smallest absolute Gasteiger partial charge is 0.238 e. The molecule has 0 aliphatic carbocycles. The van der Waals surface area contributed by atoms with Crippen molar-refractivity contribution in [2.24, 2.45) is 0 Å². The number of fused-ring (bicyclic) bond motifs is 1. The van der Waals surface area contributed by atoms with Crippen molar-refractivity contribution in [3.63, 3.8) is 0 Å². The van der Waals surface area contributed by atoms with Crippen LogP contribution in [0.25, 0.3) is 10.8 Å². The molecule has 4 rings (SSSR count). The third-order valence-corrected chi connectivity index (χ3v) is 5.11. The summed E-state index contributed by atoms with van der Waals surface area (Å²) in [6, 6.07) is 18.1. The molecule has 0 unspecified atom stereocenters. The summed E-state index contributed by atoms with van der Waals surface area (Å²) in [5.74, 6) is 0.903. The van der Waals surface area contributed by atoms with Gasteiger partial charge in [-0.05, 0) is 41.6 Å². The molecular formula is C24H17ClN4O2. The summed E-state index contributed by atoms with van der Waals surface area (Å²) < 4.78 is 5.65. The Bertz CT molecular complexity index is 1330. The van der Waals surface area contributed by atoms with Gasteiger partial charge in [0.15, 0.2) is 5.78 Å². The number of nitriles is 1. The van der Waals surface area contributed by atoms with Gasteiger partial charge in [-0.3, -0.25) is 4.79 Å². The third-order valence-electron chi connectivity index (χ3n) is 4.84. The zero-order valence-electron chi connectivity index (χ0n) is 16.4. The Hall–Kier alpha value is -3.95. The lowest BCUT2D eigenvalue weighted by Gasteiger charge is -2.09. The van der Waals surface area contributed by atoms with Crippen LogP contribution in [0.3, 0.4) is 0 Å². The van der Waals surface area contributed by atoms with Gasteiger partial charge in [0.2, 0.25) is 5.88 Å². The molecule has 7 heteroatoms. The summed E-state index contributed by atoms with van der Waals surface area (Å²) in [5, 5.41) is 11.2. The van der Waals surface area contributed by atoms with Gasteiger partial charge >= 0.3 is 0 Å². The highest BCUT2D eigenvalue weighted by Crippen LogP contribution is 2.30. The lowest BCUT2D eigenvalue weighted by Crippen LogP contribution is -2.03. The second-order valence-corrected chi connectivity index (χ2v) is 7.30. The van der Waals surface area contributed by atoms with Crippen molar-refractivity contribution in [3.05, 3.63) is 88.7 Å². The number of aromatic nitrogens is 2. The molecule has 0 aliphatic rings. The summed E-state index contributed by atoms with van der Waals surface area (Å²) in [7, 11) is 0. The van der Waals surface area contributed by atoms with E-state index in [4.69, 9.17) is 22.1 Å². The molecule has 0 bridgehead atoms. The minimum Gasteiger partial charge on any atom is -0.436 e. The predicted octanol–water partition coefficient (Wildman–Crippen LogP) is 5.34. The number of nitrogen functional groups attached to an aromatic ring is 1. The van der Waals surface area contributed by atoms with Crippen LogP contribution in [-0.4, -0.2) is 15.8 Å². The SMILES string of the molecule is N#Cc1ccccc1Oc1ncc(C(=O)CCc2ccc3c(N)nccc3c2)cc1Cl. The molecule has 4 aromatic rings. The molecule has 2 aromatic heterocycles. The van der Waals surface area contributed by atoms with E-state index in [0.717, 1.165) is 16.3 Å². The number of carbonyl (C=O) groups is 1. The van der Waals surface area contributed by atoms with Crippen molar-refractivity contribution < 1.29 is 9.53 Å². The molecule has 0 fully saturated rings. The molecule has 2 heterocycles. The molecule has 2 aromatic carbocycles. The van der Waals surface area contributed by atoms with Crippen molar-refractivity contribution >= 4 is 34.0 Å². The number of para-hydroxylation sites is 1. The van der Waals surface area contributed by atoms with Gasteiger partial charge in [0.25, 0.3) is 0 Å². The molecule has 31 heavy (non-hydrogen) atoms. The first-order valence-electron chi connectivity index (χ1n) is 9.54. The largest absolute Gasteiger partial charge is 0.436 e. The summed E-state index contributed by atoms with van der Waals surface area (Å²) in [6.45, 7) is 0. The highest BCUT2D eigenvalue weighted by Gasteiger charge is 2.13. The van der Waals surface area contributed by atoms with Crippen molar-refractivity contribution in [1.29, 1.82) is 5.26 Å². The number of nitrogens with two attached hydrogens (primary N) is 1. The van der Waals surface area contributed by atoms with Crippen molar-refractivity contribution in [1.82, 2.24) is 9.97 Å². The summed E-state index contributed by atoms with van der Waals surface area (Å²) in [5.41, 5.74) is 7.68. The van der Waals surface area contributed by atoms with E-state index in [0.29, 0.717) is 35.5 Å². The number of aryl methyl sites for hydroxylation is 1. The van der Waals surface area contributed by atoms with Crippen LogP contribution >= 0.6 is 11.6 Å². The molecule has 0 saturated carbocycles. The Balaban J connectivity index is 1.46. The van der Waals surface area contributed by atoms with Gasteiger partial charge in [-0.25, -0.2) is 9.97 Å². The molecule has 0 amide bonds. The number of ketones is 1. The van der Waals surface area contributed by atoms with Gasteiger partial charge in [0.05, 0.1) is 5.56 Å². The first-order chi connectivity index (χ1) is 15.0. The van der Waals surface area contributed by atoms with Crippen molar-refractivity contribution in [2.45, 2.75) is 12.8 Å². The van der Waals surface area contributed by atoms with E-state index in [1.165, 1.54) is 12.3 Å². The van der Waals surface area contributed by atoms with Crippen molar-refractivity contribution in [3.8, 4) is 17.7 Å². The first-order valence-corrected chi connectivity index (χ1v) is 9.92. The number of hydrogen-bond donors (Lipinski definition) is 1. The van der Waals surface area contributed by atoms with Crippen LogP contribution < -0.4 is 10.5 Å². The average Bonchev–Trinajstić information content (AvgIpc) is 2.79. The number of Topliss-reactive ketones (excluding diaryl/α,β-unsaturated/α-hetero) is 1. The minimum atomic E-state index is -0.0762.